The molecule has 6 heteroatoms. The van der Waals surface area contributed by atoms with E-state index in [-0.39, 0.29) is 22.3 Å². The van der Waals surface area contributed by atoms with Crippen molar-refractivity contribution >= 4 is 16.9 Å². The molecule has 0 saturated carbocycles. The first kappa shape index (κ1) is 18.4. The number of amides is 1. The molecule has 1 aliphatic heterocycles. The summed E-state index contributed by atoms with van der Waals surface area (Å²) in [5.41, 5.74) is 0.535. The lowest BCUT2D eigenvalue weighted by Crippen LogP contribution is -2.31. The third-order valence-electron chi connectivity index (χ3n) is 4.96. The number of rotatable bonds is 6. The normalized spacial score (nSPS) is 16.0. The van der Waals surface area contributed by atoms with Crippen molar-refractivity contribution in [2.75, 3.05) is 19.8 Å². The van der Waals surface area contributed by atoms with E-state index in [1.54, 1.807) is 42.5 Å². The summed E-state index contributed by atoms with van der Waals surface area (Å²) in [6.07, 6.45) is 0.576. The van der Waals surface area contributed by atoms with Gasteiger partial charge >= 0.3 is 0 Å². The molecule has 1 aliphatic rings. The maximum atomic E-state index is 14.6. The largest absolute Gasteiger partial charge is 0.450 e. The number of carbonyl (C=O) groups excluding carboxylic acids is 1. The van der Waals surface area contributed by atoms with E-state index >= 15 is 0 Å². The highest BCUT2D eigenvalue weighted by Gasteiger charge is 2.43. The van der Waals surface area contributed by atoms with Crippen LogP contribution in [0.2, 0.25) is 0 Å². The fraction of sp³-hybridized carbons (Fsp3) is 0.273. The highest BCUT2D eigenvalue weighted by molar-refractivity contribution is 5.99. The second-order valence-electron chi connectivity index (χ2n) is 6.64. The molecule has 4 rings (SSSR count). The summed E-state index contributed by atoms with van der Waals surface area (Å²) < 4.78 is 25.8. The average molecular weight is 381 g/mol. The highest BCUT2D eigenvalue weighted by atomic mass is 19.1. The van der Waals surface area contributed by atoms with Gasteiger partial charge in [0.25, 0.3) is 5.91 Å². The zero-order chi connectivity index (χ0) is 19.7. The van der Waals surface area contributed by atoms with Crippen LogP contribution in [0.5, 0.6) is 0 Å². The maximum Gasteiger partial charge on any atom is 0.290 e. The van der Waals surface area contributed by atoms with Crippen LogP contribution in [0, 0.1) is 5.82 Å². The van der Waals surface area contributed by atoms with E-state index < -0.39 is 17.8 Å². The molecule has 0 N–H and O–H groups in total. The number of hydrogen-bond acceptors (Lipinski definition) is 4. The smallest absolute Gasteiger partial charge is 0.290 e. The fourth-order valence-corrected chi connectivity index (χ4v) is 3.70. The Labute approximate surface area is 161 Å². The number of ether oxygens (including phenoxy) is 1. The van der Waals surface area contributed by atoms with Crippen LogP contribution in [0.1, 0.15) is 41.1 Å². The summed E-state index contributed by atoms with van der Waals surface area (Å²) in [5, 5.41) is 0.381. The van der Waals surface area contributed by atoms with Crippen molar-refractivity contribution in [2.24, 2.45) is 0 Å². The lowest BCUT2D eigenvalue weighted by Gasteiger charge is -2.25. The molecule has 1 atom stereocenters. The number of nitrogens with zero attached hydrogens (tertiary/aromatic N) is 1. The maximum absolute atomic E-state index is 14.6. The van der Waals surface area contributed by atoms with Crippen molar-refractivity contribution in [1.82, 2.24) is 4.90 Å². The first-order chi connectivity index (χ1) is 13.6. The zero-order valence-electron chi connectivity index (χ0n) is 15.5. The fourth-order valence-electron chi connectivity index (χ4n) is 3.70. The van der Waals surface area contributed by atoms with E-state index in [4.69, 9.17) is 9.15 Å². The predicted molar refractivity (Wildman–Crippen MR) is 103 cm³/mol. The van der Waals surface area contributed by atoms with Crippen molar-refractivity contribution in [2.45, 2.75) is 19.4 Å². The van der Waals surface area contributed by atoms with Gasteiger partial charge < -0.3 is 14.1 Å². The van der Waals surface area contributed by atoms with Crippen LogP contribution in [-0.4, -0.2) is 30.6 Å². The molecule has 1 aromatic heterocycles. The Balaban J connectivity index is 1.87. The van der Waals surface area contributed by atoms with E-state index in [0.29, 0.717) is 37.1 Å². The summed E-state index contributed by atoms with van der Waals surface area (Å²) in [4.78, 5) is 27.8. The van der Waals surface area contributed by atoms with Crippen molar-refractivity contribution in [3.05, 3.63) is 81.5 Å². The quantitative estimate of drug-likeness (QED) is 0.608. The first-order valence-corrected chi connectivity index (χ1v) is 9.32. The predicted octanol–water partition coefficient (Wildman–Crippen LogP) is 3.90. The third-order valence-corrected chi connectivity index (χ3v) is 4.96. The summed E-state index contributed by atoms with van der Waals surface area (Å²) >= 11 is 0. The Bertz CT molecular complexity index is 1090. The van der Waals surface area contributed by atoms with Gasteiger partial charge in [0.1, 0.15) is 11.4 Å². The summed E-state index contributed by atoms with van der Waals surface area (Å²) in [6, 6.07) is 12.2. The number of hydrogen-bond donors (Lipinski definition) is 0. The molecule has 0 aliphatic carbocycles. The van der Waals surface area contributed by atoms with Crippen LogP contribution in [0.4, 0.5) is 4.39 Å². The minimum atomic E-state index is -0.814. The van der Waals surface area contributed by atoms with Crippen molar-refractivity contribution < 1.29 is 18.3 Å². The Morgan fingerprint density at radius 1 is 1.11 bits per heavy atom. The molecule has 0 radical (unpaired) electrons. The van der Waals surface area contributed by atoms with E-state index in [1.807, 2.05) is 6.92 Å². The minimum Gasteiger partial charge on any atom is -0.450 e. The third kappa shape index (κ3) is 2.99. The molecule has 3 aromatic rings. The first-order valence-electron chi connectivity index (χ1n) is 9.32. The van der Waals surface area contributed by atoms with Gasteiger partial charge in [0.15, 0.2) is 5.43 Å². The van der Waals surface area contributed by atoms with Crippen LogP contribution < -0.4 is 5.43 Å². The molecule has 0 spiro atoms. The number of para-hydroxylation sites is 1. The second kappa shape index (κ2) is 7.56. The number of fused-ring (bicyclic) bond motifs is 2. The van der Waals surface area contributed by atoms with Gasteiger partial charge in [-0.2, -0.15) is 0 Å². The molecule has 0 fully saturated rings. The van der Waals surface area contributed by atoms with Gasteiger partial charge in [-0.05, 0) is 31.5 Å². The molecule has 28 heavy (non-hydrogen) atoms. The van der Waals surface area contributed by atoms with Crippen LogP contribution >= 0.6 is 0 Å². The zero-order valence-corrected chi connectivity index (χ0v) is 15.5. The molecule has 5 nitrogen and oxygen atoms in total. The van der Waals surface area contributed by atoms with Gasteiger partial charge in [-0.3, -0.25) is 9.59 Å². The van der Waals surface area contributed by atoms with Crippen molar-refractivity contribution in [3.8, 4) is 0 Å². The van der Waals surface area contributed by atoms with Gasteiger partial charge in [-0.1, -0.05) is 30.3 Å². The molecule has 2 heterocycles. The van der Waals surface area contributed by atoms with Gasteiger partial charge in [0.05, 0.1) is 17.0 Å². The number of benzene rings is 2. The number of carbonyl (C=O) groups is 1. The topological polar surface area (TPSA) is 59.8 Å². The van der Waals surface area contributed by atoms with Gasteiger partial charge in [0, 0.05) is 25.3 Å². The van der Waals surface area contributed by atoms with Crippen molar-refractivity contribution in [1.29, 1.82) is 0 Å². The number of halogens is 1. The highest BCUT2D eigenvalue weighted by Crippen LogP contribution is 2.38. The summed E-state index contributed by atoms with van der Waals surface area (Å²) in [7, 11) is 0. The van der Waals surface area contributed by atoms with E-state index in [2.05, 4.69) is 0 Å². The molecular weight excluding hydrogens is 361 g/mol. The van der Waals surface area contributed by atoms with Crippen molar-refractivity contribution in [3.63, 3.8) is 0 Å². The lowest BCUT2D eigenvalue weighted by atomic mass is 9.98. The van der Waals surface area contributed by atoms with E-state index in [1.165, 1.54) is 11.0 Å². The monoisotopic (exact) mass is 381 g/mol. The van der Waals surface area contributed by atoms with Gasteiger partial charge in [-0.25, -0.2) is 4.39 Å². The Morgan fingerprint density at radius 3 is 2.64 bits per heavy atom. The van der Waals surface area contributed by atoms with Crippen LogP contribution in [-0.2, 0) is 4.74 Å². The Hall–Kier alpha value is -2.99. The standard InChI is InChI=1S/C22H20FNO4/c1-2-27-13-7-12-24-19(14-8-3-5-10-16(14)23)18-20(25)15-9-4-6-11-17(15)28-21(18)22(24)26/h3-6,8-11,19H,2,7,12-13H2,1H3/t19-/m0/s1. The average Bonchev–Trinajstić information content (AvgIpc) is 2.98. The van der Waals surface area contributed by atoms with Crippen LogP contribution in [0.25, 0.3) is 11.0 Å². The molecule has 0 unspecified atom stereocenters. The molecule has 0 bridgehead atoms. The van der Waals surface area contributed by atoms with Gasteiger partial charge in [-0.15, -0.1) is 0 Å². The minimum absolute atomic E-state index is 0.00615. The molecule has 2 aromatic carbocycles. The molecule has 0 saturated heterocycles. The van der Waals surface area contributed by atoms with Crippen LogP contribution in [0.15, 0.2) is 57.7 Å². The Morgan fingerprint density at radius 2 is 1.86 bits per heavy atom. The Kier molecular flexibility index (Phi) is 4.96. The van der Waals surface area contributed by atoms with E-state index in [0.717, 1.165) is 0 Å². The molecule has 144 valence electrons. The summed E-state index contributed by atoms with van der Waals surface area (Å²) in [5.74, 6) is -0.869. The molecule has 1 amide bonds. The van der Waals surface area contributed by atoms with Gasteiger partial charge in [0.2, 0.25) is 5.76 Å². The second-order valence-corrected chi connectivity index (χ2v) is 6.64. The molecular formula is C22H20FNO4. The summed E-state index contributed by atoms with van der Waals surface area (Å²) in [6.45, 7) is 3.28. The van der Waals surface area contributed by atoms with Crippen LogP contribution in [0.3, 0.4) is 0 Å². The van der Waals surface area contributed by atoms with E-state index in [9.17, 15) is 14.0 Å². The SMILES string of the molecule is CCOCCCN1C(=O)c2oc3ccccc3c(=O)c2[C@@H]1c1ccccc1F. The lowest BCUT2D eigenvalue weighted by molar-refractivity contribution is 0.0694.